The van der Waals surface area contributed by atoms with Gasteiger partial charge in [0.05, 0.1) is 0 Å². The van der Waals surface area contributed by atoms with Gasteiger partial charge in [-0.3, -0.25) is 9.89 Å². The second kappa shape index (κ2) is 6.71. The van der Waals surface area contributed by atoms with Crippen molar-refractivity contribution in [3.8, 4) is 0 Å². The summed E-state index contributed by atoms with van der Waals surface area (Å²) in [4.78, 5) is 14.8. The van der Waals surface area contributed by atoms with Crippen LogP contribution in [-0.2, 0) is 0 Å². The fraction of sp³-hybridized carbons (Fsp3) is 0.714. The van der Waals surface area contributed by atoms with Gasteiger partial charge in [0.2, 0.25) is 0 Å². The number of aromatic nitrogens is 5. The number of carbonyl (C=O) groups is 1. The Morgan fingerprint density at radius 1 is 1.14 bits per heavy atom. The average molecular weight is 383 g/mol. The molecule has 5 rings (SSSR count). The van der Waals surface area contributed by atoms with E-state index in [1.54, 1.807) is 0 Å². The number of H-pyrrole nitrogens is 1. The van der Waals surface area contributed by atoms with Crippen LogP contribution in [-0.4, -0.2) is 48.9 Å². The van der Waals surface area contributed by atoms with Crippen molar-refractivity contribution in [2.75, 3.05) is 13.1 Å². The van der Waals surface area contributed by atoms with Crippen LogP contribution >= 0.6 is 0 Å². The fourth-order valence-electron chi connectivity index (χ4n) is 5.38. The lowest BCUT2D eigenvalue weighted by molar-refractivity contribution is 0.0766. The molecule has 1 amide bonds. The van der Waals surface area contributed by atoms with Crippen LogP contribution < -0.4 is 0 Å². The normalized spacial score (nSPS) is 27.4. The Morgan fingerprint density at radius 2 is 1.86 bits per heavy atom. The molecule has 7 nitrogen and oxygen atoms in total. The Morgan fingerprint density at radius 3 is 2.50 bits per heavy atom. The number of hydrogen-bond donors (Lipinski definition) is 1. The number of rotatable bonds is 4. The molecule has 3 heterocycles. The summed E-state index contributed by atoms with van der Waals surface area (Å²) in [6.45, 7) is 7.91. The molecule has 2 aromatic heterocycles. The van der Waals surface area contributed by atoms with Crippen molar-refractivity contribution in [3.05, 3.63) is 29.1 Å². The monoisotopic (exact) mass is 382 g/mol. The number of nitrogens with one attached hydrogen (secondary N) is 1. The first-order valence-corrected chi connectivity index (χ1v) is 10.8. The summed E-state index contributed by atoms with van der Waals surface area (Å²) in [6, 6.07) is 2.47. The number of fused-ring (bicyclic) bond motifs is 1. The highest BCUT2D eigenvalue weighted by atomic mass is 16.2. The van der Waals surface area contributed by atoms with Crippen molar-refractivity contribution in [1.82, 2.24) is 29.9 Å². The van der Waals surface area contributed by atoms with Gasteiger partial charge < -0.3 is 9.47 Å². The van der Waals surface area contributed by atoms with Crippen LogP contribution in [0.25, 0.3) is 0 Å². The van der Waals surface area contributed by atoms with Crippen LogP contribution in [0, 0.1) is 18.8 Å². The van der Waals surface area contributed by atoms with Crippen molar-refractivity contribution in [2.45, 2.75) is 70.8 Å². The maximum atomic E-state index is 12.8. The Hall–Kier alpha value is -2.18. The van der Waals surface area contributed by atoms with Gasteiger partial charge in [-0.05, 0) is 43.6 Å². The van der Waals surface area contributed by atoms with Crippen LogP contribution in [0.1, 0.15) is 91.7 Å². The third-order valence-corrected chi connectivity index (χ3v) is 7.05. The minimum atomic E-state index is 0.0547. The minimum Gasteiger partial charge on any atom is -0.337 e. The predicted octanol–water partition coefficient (Wildman–Crippen LogP) is 3.42. The van der Waals surface area contributed by atoms with Gasteiger partial charge in [-0.2, -0.15) is 5.10 Å². The van der Waals surface area contributed by atoms with Gasteiger partial charge in [0.1, 0.15) is 17.3 Å². The molecule has 150 valence electrons. The molecule has 2 atom stereocenters. The topological polar surface area (TPSA) is 79.7 Å². The van der Waals surface area contributed by atoms with Crippen molar-refractivity contribution < 1.29 is 4.79 Å². The molecule has 2 aromatic rings. The molecule has 0 spiro atoms. The van der Waals surface area contributed by atoms with Crippen LogP contribution in [0.15, 0.2) is 6.07 Å². The largest absolute Gasteiger partial charge is 0.337 e. The van der Waals surface area contributed by atoms with Crippen molar-refractivity contribution in [2.24, 2.45) is 11.8 Å². The summed E-state index contributed by atoms with van der Waals surface area (Å²) < 4.78 is 2.43. The van der Waals surface area contributed by atoms with Gasteiger partial charge in [-0.15, -0.1) is 10.2 Å². The second-order valence-electron chi connectivity index (χ2n) is 9.19. The number of nitrogens with zero attached hydrogens (tertiary/aromatic N) is 5. The molecule has 0 radical (unpaired) electrons. The SMILES string of the molecule is Cc1nnc(C2C3CN(C(=O)c4cc(C(C)C)[nH]n4)CC32)n1C1CCCCC1. The summed E-state index contributed by atoms with van der Waals surface area (Å²) in [5.41, 5.74) is 1.56. The first-order valence-electron chi connectivity index (χ1n) is 10.8. The zero-order valence-electron chi connectivity index (χ0n) is 17.1. The lowest BCUT2D eigenvalue weighted by atomic mass is 9.95. The van der Waals surface area contributed by atoms with E-state index >= 15 is 0 Å². The van der Waals surface area contributed by atoms with Gasteiger partial charge in [-0.1, -0.05) is 33.1 Å². The van der Waals surface area contributed by atoms with Gasteiger partial charge in [-0.25, -0.2) is 0 Å². The molecule has 3 fully saturated rings. The summed E-state index contributed by atoms with van der Waals surface area (Å²) in [6.07, 6.45) is 6.46. The van der Waals surface area contributed by atoms with Crippen molar-refractivity contribution >= 4 is 5.91 Å². The molecule has 0 bridgehead atoms. The van der Waals surface area contributed by atoms with Gasteiger partial charge in [0.25, 0.3) is 5.91 Å². The maximum absolute atomic E-state index is 12.8. The number of piperidine rings is 1. The van der Waals surface area contributed by atoms with E-state index in [4.69, 9.17) is 0 Å². The molecule has 2 saturated carbocycles. The Labute approximate surface area is 165 Å². The van der Waals surface area contributed by atoms with Crippen LogP contribution in [0.4, 0.5) is 0 Å². The molecule has 2 unspecified atom stereocenters. The summed E-state index contributed by atoms with van der Waals surface area (Å²) in [7, 11) is 0. The van der Waals surface area contributed by atoms with E-state index in [-0.39, 0.29) is 5.91 Å². The van der Waals surface area contributed by atoms with E-state index in [0.717, 1.165) is 24.6 Å². The standard InChI is InChI=1S/C21H30N6O/c1-12(2)17-9-18(24-23-17)21(28)26-10-15-16(11-26)19(15)20-25-22-13(3)27(20)14-7-5-4-6-8-14/h9,12,14-16,19H,4-8,10-11H2,1-3H3,(H,23,24). The zero-order chi connectivity index (χ0) is 19.4. The third kappa shape index (κ3) is 2.86. The highest BCUT2D eigenvalue weighted by Gasteiger charge is 2.59. The van der Waals surface area contributed by atoms with Crippen LogP contribution in [0.2, 0.25) is 0 Å². The molecule has 1 N–H and O–H groups in total. The molecule has 0 aromatic carbocycles. The van der Waals surface area contributed by atoms with Crippen molar-refractivity contribution in [3.63, 3.8) is 0 Å². The zero-order valence-corrected chi connectivity index (χ0v) is 17.1. The maximum Gasteiger partial charge on any atom is 0.274 e. The summed E-state index contributed by atoms with van der Waals surface area (Å²) >= 11 is 0. The second-order valence-corrected chi connectivity index (χ2v) is 9.19. The average Bonchev–Trinajstić information content (AvgIpc) is 3.16. The predicted molar refractivity (Wildman–Crippen MR) is 105 cm³/mol. The molecule has 1 aliphatic heterocycles. The molecule has 2 aliphatic carbocycles. The number of carbonyl (C=O) groups excluding carboxylic acids is 1. The molecular weight excluding hydrogens is 352 g/mol. The fourth-order valence-corrected chi connectivity index (χ4v) is 5.38. The molecule has 3 aliphatic rings. The highest BCUT2D eigenvalue weighted by molar-refractivity contribution is 5.92. The van der Waals surface area contributed by atoms with E-state index in [0.29, 0.717) is 35.4 Å². The number of amides is 1. The van der Waals surface area contributed by atoms with E-state index < -0.39 is 0 Å². The summed E-state index contributed by atoms with van der Waals surface area (Å²) in [5, 5.41) is 16.2. The first-order chi connectivity index (χ1) is 13.5. The lowest BCUT2D eigenvalue weighted by Crippen LogP contribution is -2.32. The number of hydrogen-bond acceptors (Lipinski definition) is 4. The minimum absolute atomic E-state index is 0.0547. The van der Waals surface area contributed by atoms with Crippen LogP contribution in [0.5, 0.6) is 0 Å². The Kier molecular flexibility index (Phi) is 4.29. The van der Waals surface area contributed by atoms with Crippen LogP contribution in [0.3, 0.4) is 0 Å². The van der Waals surface area contributed by atoms with E-state index in [2.05, 4.69) is 45.7 Å². The summed E-state index contributed by atoms with van der Waals surface area (Å²) in [5.74, 6) is 4.15. The highest BCUT2D eigenvalue weighted by Crippen LogP contribution is 2.58. The Bertz CT molecular complexity index is 865. The smallest absolute Gasteiger partial charge is 0.274 e. The van der Waals surface area contributed by atoms with Crippen molar-refractivity contribution in [1.29, 1.82) is 0 Å². The van der Waals surface area contributed by atoms with Gasteiger partial charge >= 0.3 is 0 Å². The van der Waals surface area contributed by atoms with E-state index in [1.165, 1.54) is 37.9 Å². The quantitative estimate of drug-likeness (QED) is 0.879. The van der Waals surface area contributed by atoms with Gasteiger partial charge in [0, 0.05) is 30.7 Å². The molecular formula is C21H30N6O. The number of likely N-dealkylation sites (tertiary alicyclic amines) is 1. The van der Waals surface area contributed by atoms with E-state index in [9.17, 15) is 4.79 Å². The molecule has 7 heteroatoms. The van der Waals surface area contributed by atoms with E-state index in [1.807, 2.05) is 11.0 Å². The first kappa shape index (κ1) is 17.9. The Balaban J connectivity index is 1.27. The lowest BCUT2D eigenvalue weighted by Gasteiger charge is -2.26. The number of aromatic amines is 1. The molecule has 28 heavy (non-hydrogen) atoms. The molecule has 1 saturated heterocycles. The van der Waals surface area contributed by atoms with Gasteiger partial charge in [0.15, 0.2) is 0 Å². The number of aryl methyl sites for hydroxylation is 1. The third-order valence-electron chi connectivity index (χ3n) is 7.05.